The van der Waals surface area contributed by atoms with Crippen molar-refractivity contribution in [2.24, 2.45) is 0 Å². The monoisotopic (exact) mass is 354 g/mol. The van der Waals surface area contributed by atoms with Crippen LogP contribution in [-0.4, -0.2) is 52.3 Å². The molecule has 3 atom stereocenters. The van der Waals surface area contributed by atoms with Crippen molar-refractivity contribution >= 4 is 5.91 Å². The molecule has 2 N–H and O–H groups in total. The fraction of sp³-hybridized carbons (Fsp3) is 0.400. The van der Waals surface area contributed by atoms with Gasteiger partial charge in [-0.25, -0.2) is 0 Å². The summed E-state index contributed by atoms with van der Waals surface area (Å²) in [6.07, 6.45) is -0.101. The van der Waals surface area contributed by atoms with Gasteiger partial charge in [-0.05, 0) is 31.0 Å². The fourth-order valence-electron chi connectivity index (χ4n) is 4.02. The Morgan fingerprint density at radius 2 is 2.04 bits per heavy atom. The van der Waals surface area contributed by atoms with Gasteiger partial charge >= 0.3 is 0 Å². The number of β-amino-alcohol motifs (C(OH)–C–C–N with tert-alkyl or cyclic N) is 1. The number of aryl methyl sites for hydroxylation is 1. The first-order valence-corrected chi connectivity index (χ1v) is 8.85. The lowest BCUT2D eigenvalue weighted by Crippen LogP contribution is -2.41. The number of aliphatic hydroxyl groups excluding tert-OH is 1. The van der Waals surface area contributed by atoms with Crippen LogP contribution in [0.4, 0.5) is 0 Å². The molecule has 1 spiro atoms. The van der Waals surface area contributed by atoms with Gasteiger partial charge in [0, 0.05) is 18.2 Å². The highest BCUT2D eigenvalue weighted by molar-refractivity contribution is 5.94. The van der Waals surface area contributed by atoms with Gasteiger partial charge in [-0.1, -0.05) is 30.3 Å². The molecule has 2 saturated heterocycles. The molecule has 6 nitrogen and oxygen atoms in total. The van der Waals surface area contributed by atoms with Gasteiger partial charge in [0.05, 0.1) is 13.2 Å². The van der Waals surface area contributed by atoms with Crippen LogP contribution in [0.25, 0.3) is 0 Å². The van der Waals surface area contributed by atoms with Crippen LogP contribution >= 0.6 is 0 Å². The number of rotatable bonds is 2. The number of aromatic nitrogens is 1. The molecule has 2 aliphatic heterocycles. The molecule has 3 heterocycles. The minimum Gasteiger partial charge on any atom is -0.388 e. The number of pyridine rings is 1. The van der Waals surface area contributed by atoms with Crippen molar-refractivity contribution in [3.63, 3.8) is 0 Å². The standard InChI is InChI=1S/C20H22N2O4/c1-13-7-8-16(18(24)21-13)19(25)22-10-17(23)20(12-22)9-15(11-26-20)14-5-3-2-4-6-14/h2-8,15,17,23H,9-12H2,1H3,(H,21,24)/t15-,17+,20+/m0/s1. The second kappa shape index (κ2) is 6.37. The number of H-pyrrole nitrogens is 1. The van der Waals surface area contributed by atoms with Crippen LogP contribution in [0.15, 0.2) is 47.3 Å². The molecule has 26 heavy (non-hydrogen) atoms. The second-order valence-corrected chi connectivity index (χ2v) is 7.27. The van der Waals surface area contributed by atoms with E-state index in [2.05, 4.69) is 17.1 Å². The normalized spacial score (nSPS) is 28.0. The predicted octanol–water partition coefficient (Wildman–Crippen LogP) is 1.44. The minimum absolute atomic E-state index is 0.0949. The van der Waals surface area contributed by atoms with Crippen LogP contribution in [0, 0.1) is 6.92 Å². The van der Waals surface area contributed by atoms with Crippen LogP contribution in [0.3, 0.4) is 0 Å². The first kappa shape index (κ1) is 17.0. The lowest BCUT2D eigenvalue weighted by atomic mass is 9.87. The lowest BCUT2D eigenvalue weighted by molar-refractivity contribution is -0.0591. The summed E-state index contributed by atoms with van der Waals surface area (Å²) in [5.41, 5.74) is 0.816. The number of carbonyl (C=O) groups excluding carboxylic acids is 1. The summed E-state index contributed by atoms with van der Waals surface area (Å²) in [4.78, 5) is 29.0. The third-order valence-corrected chi connectivity index (χ3v) is 5.47. The molecule has 0 aliphatic carbocycles. The molecule has 1 aromatic heterocycles. The van der Waals surface area contributed by atoms with Gasteiger partial charge in [0.1, 0.15) is 17.3 Å². The van der Waals surface area contributed by atoms with Gasteiger partial charge < -0.3 is 19.7 Å². The Kier molecular flexibility index (Phi) is 4.17. The summed E-state index contributed by atoms with van der Waals surface area (Å²) >= 11 is 0. The number of nitrogens with zero attached hydrogens (tertiary/aromatic N) is 1. The summed E-state index contributed by atoms with van der Waals surface area (Å²) in [5.74, 6) is -0.169. The summed E-state index contributed by atoms with van der Waals surface area (Å²) in [6.45, 7) is 2.76. The van der Waals surface area contributed by atoms with E-state index in [1.54, 1.807) is 13.0 Å². The third kappa shape index (κ3) is 2.85. The van der Waals surface area contributed by atoms with Gasteiger partial charge in [-0.2, -0.15) is 0 Å². The molecule has 0 radical (unpaired) electrons. The van der Waals surface area contributed by atoms with E-state index in [4.69, 9.17) is 4.74 Å². The summed E-state index contributed by atoms with van der Waals surface area (Å²) in [5, 5.41) is 10.6. The Hall–Kier alpha value is -2.44. The second-order valence-electron chi connectivity index (χ2n) is 7.27. The molecule has 2 fully saturated rings. The molecule has 0 bridgehead atoms. The van der Waals surface area contributed by atoms with E-state index in [9.17, 15) is 14.7 Å². The minimum atomic E-state index is -0.760. The van der Waals surface area contributed by atoms with E-state index in [-0.39, 0.29) is 23.9 Å². The zero-order valence-electron chi connectivity index (χ0n) is 14.6. The van der Waals surface area contributed by atoms with Gasteiger partial charge in [-0.15, -0.1) is 0 Å². The van der Waals surface area contributed by atoms with Gasteiger partial charge in [-0.3, -0.25) is 9.59 Å². The molecule has 4 rings (SSSR count). The molecule has 1 amide bonds. The molecule has 2 aromatic rings. The Morgan fingerprint density at radius 3 is 2.77 bits per heavy atom. The molecule has 2 aliphatic rings. The molecule has 6 heteroatoms. The summed E-state index contributed by atoms with van der Waals surface area (Å²) in [7, 11) is 0. The van der Waals surface area contributed by atoms with Crippen molar-refractivity contribution < 1.29 is 14.6 Å². The highest BCUT2D eigenvalue weighted by Gasteiger charge is 2.53. The highest BCUT2D eigenvalue weighted by atomic mass is 16.5. The molecular formula is C20H22N2O4. The number of likely N-dealkylation sites (tertiary alicyclic amines) is 1. The van der Waals surface area contributed by atoms with Crippen molar-refractivity contribution in [1.82, 2.24) is 9.88 Å². The van der Waals surface area contributed by atoms with Crippen molar-refractivity contribution in [3.05, 3.63) is 69.6 Å². The maximum Gasteiger partial charge on any atom is 0.260 e. The third-order valence-electron chi connectivity index (χ3n) is 5.47. The van der Waals surface area contributed by atoms with E-state index in [0.29, 0.717) is 25.3 Å². The molecule has 1 aromatic carbocycles. The molecule has 0 unspecified atom stereocenters. The SMILES string of the molecule is Cc1ccc(C(=O)N2C[C@@H](O)[C@@]3(C[C@H](c4ccccc4)CO3)C2)c(=O)[nH]1. The van der Waals surface area contributed by atoms with Crippen LogP contribution in [0.1, 0.15) is 34.0 Å². The first-order chi connectivity index (χ1) is 12.5. The van der Waals surface area contributed by atoms with Crippen LogP contribution < -0.4 is 5.56 Å². The Labute approximate surface area is 151 Å². The molecule has 0 saturated carbocycles. The van der Waals surface area contributed by atoms with Crippen molar-refractivity contribution in [2.45, 2.75) is 31.0 Å². The maximum atomic E-state index is 12.8. The van der Waals surface area contributed by atoms with Gasteiger partial charge in [0.2, 0.25) is 0 Å². The topological polar surface area (TPSA) is 82.6 Å². The van der Waals surface area contributed by atoms with Crippen LogP contribution in [0.2, 0.25) is 0 Å². The number of hydrogen-bond acceptors (Lipinski definition) is 4. The number of carbonyl (C=O) groups is 1. The average molecular weight is 354 g/mol. The number of benzene rings is 1. The van der Waals surface area contributed by atoms with E-state index in [1.807, 2.05) is 18.2 Å². The fourth-order valence-corrected chi connectivity index (χ4v) is 4.02. The zero-order chi connectivity index (χ0) is 18.3. The number of hydrogen-bond donors (Lipinski definition) is 2. The Morgan fingerprint density at radius 1 is 1.27 bits per heavy atom. The number of aromatic amines is 1. The number of amides is 1. The largest absolute Gasteiger partial charge is 0.388 e. The first-order valence-electron chi connectivity index (χ1n) is 8.85. The predicted molar refractivity (Wildman–Crippen MR) is 96.2 cm³/mol. The van der Waals surface area contributed by atoms with Crippen LogP contribution in [0.5, 0.6) is 0 Å². The van der Waals surface area contributed by atoms with Crippen molar-refractivity contribution in [2.75, 3.05) is 19.7 Å². The summed E-state index contributed by atoms with van der Waals surface area (Å²) in [6, 6.07) is 13.3. The Bertz CT molecular complexity index is 879. The molecule has 136 valence electrons. The van der Waals surface area contributed by atoms with E-state index < -0.39 is 17.3 Å². The smallest absolute Gasteiger partial charge is 0.260 e. The van der Waals surface area contributed by atoms with Crippen molar-refractivity contribution in [3.8, 4) is 0 Å². The molecular weight excluding hydrogens is 332 g/mol. The quantitative estimate of drug-likeness (QED) is 0.855. The summed E-state index contributed by atoms with van der Waals surface area (Å²) < 4.78 is 6.02. The van der Waals surface area contributed by atoms with Gasteiger partial charge in [0.25, 0.3) is 11.5 Å². The highest BCUT2D eigenvalue weighted by Crippen LogP contribution is 2.42. The number of ether oxygens (including phenoxy) is 1. The maximum absolute atomic E-state index is 12.8. The Balaban J connectivity index is 1.53. The average Bonchev–Trinajstić information content (AvgIpc) is 3.20. The zero-order valence-corrected chi connectivity index (χ0v) is 14.6. The van der Waals surface area contributed by atoms with E-state index in [1.165, 1.54) is 16.5 Å². The van der Waals surface area contributed by atoms with Crippen LogP contribution in [-0.2, 0) is 4.74 Å². The number of aliphatic hydroxyl groups is 1. The number of nitrogens with one attached hydrogen (secondary N) is 1. The van der Waals surface area contributed by atoms with Crippen molar-refractivity contribution in [1.29, 1.82) is 0 Å². The van der Waals surface area contributed by atoms with Gasteiger partial charge in [0.15, 0.2) is 0 Å². The van der Waals surface area contributed by atoms with E-state index in [0.717, 1.165) is 0 Å². The van der Waals surface area contributed by atoms with E-state index >= 15 is 0 Å². The lowest BCUT2D eigenvalue weighted by Gasteiger charge is -2.26.